The number of rotatable bonds is 2. The van der Waals surface area contributed by atoms with Crippen LogP contribution in [-0.2, 0) is 0 Å². The zero-order chi connectivity index (χ0) is 18.5. The van der Waals surface area contributed by atoms with Crippen LogP contribution in [0.25, 0.3) is 10.8 Å². The van der Waals surface area contributed by atoms with Gasteiger partial charge in [0.05, 0.1) is 23.0 Å². The third-order valence-electron chi connectivity index (χ3n) is 5.63. The van der Waals surface area contributed by atoms with Gasteiger partial charge in [-0.05, 0) is 43.1 Å². The maximum atomic E-state index is 14.2. The van der Waals surface area contributed by atoms with E-state index in [1.54, 1.807) is 0 Å². The van der Waals surface area contributed by atoms with Crippen molar-refractivity contribution in [2.45, 2.75) is 30.8 Å². The van der Waals surface area contributed by atoms with Gasteiger partial charge in [0.2, 0.25) is 0 Å². The van der Waals surface area contributed by atoms with Crippen LogP contribution in [0.3, 0.4) is 0 Å². The molecule has 1 aromatic heterocycles. The molecule has 138 valence electrons. The Morgan fingerprint density at radius 3 is 2.85 bits per heavy atom. The first-order valence-electron chi connectivity index (χ1n) is 9.09. The Kier molecular flexibility index (Phi) is 3.91. The van der Waals surface area contributed by atoms with E-state index in [1.165, 1.54) is 12.1 Å². The molecule has 2 aliphatic heterocycles. The van der Waals surface area contributed by atoms with Gasteiger partial charge in [0.1, 0.15) is 5.82 Å². The van der Waals surface area contributed by atoms with E-state index in [0.717, 1.165) is 30.6 Å². The fourth-order valence-corrected chi connectivity index (χ4v) is 4.73. The minimum Gasteiger partial charge on any atom is -0.379 e. The van der Waals surface area contributed by atoms with Crippen molar-refractivity contribution in [3.63, 3.8) is 0 Å². The number of hydrogen-bond acceptors (Lipinski definition) is 4. The van der Waals surface area contributed by atoms with Gasteiger partial charge < -0.3 is 10.6 Å². The highest BCUT2D eigenvalue weighted by Gasteiger charge is 2.40. The molecule has 1 saturated heterocycles. The van der Waals surface area contributed by atoms with Crippen LogP contribution in [0.1, 0.15) is 30.0 Å². The second kappa shape index (κ2) is 6.32. The van der Waals surface area contributed by atoms with E-state index in [1.807, 2.05) is 24.3 Å². The molecule has 2 aliphatic rings. The van der Waals surface area contributed by atoms with E-state index in [9.17, 15) is 9.18 Å². The van der Waals surface area contributed by atoms with E-state index in [0.29, 0.717) is 21.5 Å². The number of aromatic amines is 1. The van der Waals surface area contributed by atoms with Crippen LogP contribution in [0.2, 0.25) is 5.02 Å². The predicted octanol–water partition coefficient (Wildman–Crippen LogP) is 3.39. The normalized spacial score (nSPS) is 24.1. The fraction of sp³-hybridized carbons (Fsp3) is 0.300. The van der Waals surface area contributed by atoms with Crippen LogP contribution in [0.4, 0.5) is 10.1 Å². The maximum absolute atomic E-state index is 14.2. The Hall–Kier alpha value is -2.44. The van der Waals surface area contributed by atoms with Gasteiger partial charge in [0.15, 0.2) is 0 Å². The quantitative estimate of drug-likeness (QED) is 0.633. The average molecular weight is 385 g/mol. The van der Waals surface area contributed by atoms with Crippen molar-refractivity contribution in [1.29, 1.82) is 0 Å². The molecule has 3 N–H and O–H groups in total. The van der Waals surface area contributed by atoms with Gasteiger partial charge in [-0.15, -0.1) is 0 Å². The zero-order valence-electron chi connectivity index (χ0n) is 14.4. The van der Waals surface area contributed by atoms with Crippen molar-refractivity contribution in [3.05, 3.63) is 68.8 Å². The Balaban J connectivity index is 1.80. The van der Waals surface area contributed by atoms with Crippen molar-refractivity contribution >= 4 is 28.1 Å². The molecule has 1 fully saturated rings. The van der Waals surface area contributed by atoms with Crippen LogP contribution in [0, 0.1) is 5.82 Å². The highest BCUT2D eigenvalue weighted by Crippen LogP contribution is 2.43. The molecule has 0 radical (unpaired) electrons. The van der Waals surface area contributed by atoms with E-state index in [-0.39, 0.29) is 18.0 Å². The van der Waals surface area contributed by atoms with E-state index >= 15 is 0 Å². The topological polar surface area (TPSA) is 69.8 Å². The number of nitrogens with zero attached hydrogens (tertiary/aromatic N) is 1. The van der Waals surface area contributed by atoms with E-state index in [2.05, 4.69) is 20.8 Å². The summed E-state index contributed by atoms with van der Waals surface area (Å²) in [5.41, 5.74) is 1.89. The third kappa shape index (κ3) is 2.63. The van der Waals surface area contributed by atoms with Crippen LogP contribution in [-0.4, -0.2) is 28.8 Å². The molecule has 0 saturated carbocycles. The summed E-state index contributed by atoms with van der Waals surface area (Å²) >= 11 is 6.54. The molecule has 3 unspecified atom stereocenters. The molecule has 3 aromatic rings. The molecule has 3 heterocycles. The summed E-state index contributed by atoms with van der Waals surface area (Å²) in [5, 5.41) is 15.6. The Bertz CT molecular complexity index is 1090. The summed E-state index contributed by atoms with van der Waals surface area (Å²) in [6.07, 6.45) is 2.10. The van der Waals surface area contributed by atoms with Gasteiger partial charge in [-0.2, -0.15) is 5.10 Å². The summed E-state index contributed by atoms with van der Waals surface area (Å²) in [5.74, 6) is -0.603. The number of benzene rings is 2. The van der Waals surface area contributed by atoms with Crippen molar-refractivity contribution in [1.82, 2.24) is 15.5 Å². The molecule has 0 amide bonds. The largest absolute Gasteiger partial charge is 0.379 e. The first kappa shape index (κ1) is 16.7. The summed E-state index contributed by atoms with van der Waals surface area (Å²) in [6, 6.07) is 10.5. The van der Waals surface area contributed by atoms with Gasteiger partial charge in [-0.3, -0.25) is 4.79 Å². The summed E-state index contributed by atoms with van der Waals surface area (Å²) in [6.45, 7) is 0.947. The molecule has 5 rings (SSSR count). The lowest BCUT2D eigenvalue weighted by atomic mass is 9.79. The van der Waals surface area contributed by atoms with Gasteiger partial charge in [0.25, 0.3) is 5.56 Å². The molecule has 0 aliphatic carbocycles. The molecule has 2 aromatic carbocycles. The van der Waals surface area contributed by atoms with E-state index in [4.69, 9.17) is 11.6 Å². The van der Waals surface area contributed by atoms with Crippen LogP contribution in [0.15, 0.2) is 41.2 Å². The lowest BCUT2D eigenvalue weighted by Crippen LogP contribution is -2.47. The Morgan fingerprint density at radius 2 is 2.07 bits per heavy atom. The maximum Gasteiger partial charge on any atom is 0.272 e. The lowest BCUT2D eigenvalue weighted by molar-refractivity contribution is 0.463. The summed E-state index contributed by atoms with van der Waals surface area (Å²) in [4.78, 5) is 12.3. The van der Waals surface area contributed by atoms with E-state index < -0.39 is 11.4 Å². The van der Waals surface area contributed by atoms with Crippen molar-refractivity contribution < 1.29 is 4.39 Å². The van der Waals surface area contributed by atoms with Crippen molar-refractivity contribution in [3.8, 4) is 0 Å². The van der Waals surface area contributed by atoms with Gasteiger partial charge in [0, 0.05) is 22.1 Å². The smallest absolute Gasteiger partial charge is 0.272 e. The second-order valence-corrected chi connectivity index (χ2v) is 7.59. The SMILES string of the molecule is O=c1[nH]nc2c3c(cc(F)cc13)NC(C1CCCN1)C2c1ccccc1Cl. The molecule has 7 heteroatoms. The average Bonchev–Trinajstić information content (AvgIpc) is 3.19. The van der Waals surface area contributed by atoms with Crippen molar-refractivity contribution in [2.75, 3.05) is 11.9 Å². The Labute approximate surface area is 159 Å². The number of H-pyrrole nitrogens is 1. The minimum atomic E-state index is -0.443. The molecular formula is C20H18ClFN4O. The third-order valence-corrected chi connectivity index (χ3v) is 5.97. The summed E-state index contributed by atoms with van der Waals surface area (Å²) in [7, 11) is 0. The Morgan fingerprint density at radius 1 is 1.22 bits per heavy atom. The molecular weight excluding hydrogens is 367 g/mol. The predicted molar refractivity (Wildman–Crippen MR) is 104 cm³/mol. The number of nitrogens with one attached hydrogen (secondary N) is 3. The second-order valence-electron chi connectivity index (χ2n) is 7.19. The molecule has 27 heavy (non-hydrogen) atoms. The highest BCUT2D eigenvalue weighted by atomic mass is 35.5. The highest BCUT2D eigenvalue weighted by molar-refractivity contribution is 6.31. The monoisotopic (exact) mass is 384 g/mol. The summed E-state index contributed by atoms with van der Waals surface area (Å²) < 4.78 is 14.2. The fourth-order valence-electron chi connectivity index (χ4n) is 4.48. The number of anilines is 1. The lowest BCUT2D eigenvalue weighted by Gasteiger charge is -2.38. The zero-order valence-corrected chi connectivity index (χ0v) is 15.2. The number of halogens is 2. The minimum absolute atomic E-state index is 0.0525. The van der Waals surface area contributed by atoms with Gasteiger partial charge in [-0.25, -0.2) is 9.49 Å². The van der Waals surface area contributed by atoms with Gasteiger partial charge >= 0.3 is 0 Å². The van der Waals surface area contributed by atoms with Gasteiger partial charge in [-0.1, -0.05) is 29.8 Å². The number of hydrogen-bond donors (Lipinski definition) is 3. The molecule has 5 nitrogen and oxygen atoms in total. The molecule has 0 spiro atoms. The van der Waals surface area contributed by atoms with Crippen LogP contribution < -0.4 is 16.2 Å². The van der Waals surface area contributed by atoms with Crippen molar-refractivity contribution in [2.24, 2.45) is 0 Å². The first-order chi connectivity index (χ1) is 13.1. The van der Waals surface area contributed by atoms with Crippen LogP contribution in [0.5, 0.6) is 0 Å². The first-order valence-corrected chi connectivity index (χ1v) is 9.47. The number of aromatic nitrogens is 2. The molecule has 3 atom stereocenters. The standard InChI is InChI=1S/C20H18ClFN4O/c21-13-5-2-1-4-11(13)17-18(14-6-3-7-23-14)24-15-9-10(22)8-12-16(15)19(17)25-26-20(12)27/h1-2,4-5,8-9,14,17-18,23-24H,3,6-7H2,(H,26,27). The molecule has 0 bridgehead atoms. The van der Waals surface area contributed by atoms with Crippen LogP contribution >= 0.6 is 11.6 Å².